The van der Waals surface area contributed by atoms with Crippen molar-refractivity contribution in [3.8, 4) is 0 Å². The number of ether oxygens (including phenoxy) is 1. The smallest absolute Gasteiger partial charge is 0.261 e. The highest BCUT2D eigenvalue weighted by Crippen LogP contribution is 1.97. The predicted molar refractivity (Wildman–Crippen MR) is 53.8 cm³/mol. The lowest BCUT2D eigenvalue weighted by Crippen LogP contribution is -2.15. The first-order valence-corrected chi connectivity index (χ1v) is 5.34. The first-order valence-electron chi connectivity index (χ1n) is 5.34. The van der Waals surface area contributed by atoms with Gasteiger partial charge in [-0.15, -0.1) is 0 Å². The molecule has 2 nitrogen and oxygen atoms in total. The van der Waals surface area contributed by atoms with Crippen LogP contribution in [-0.4, -0.2) is 32.7 Å². The standard InChI is InChI=1S/C10H21F2NO/c1-2-6-13-7-4-3-5-8-14-9-10(11)12/h10,13H,2-9H2,1H3. The summed E-state index contributed by atoms with van der Waals surface area (Å²) < 4.78 is 28.0. The molecule has 0 radical (unpaired) electrons. The fourth-order valence-corrected chi connectivity index (χ4v) is 1.11. The molecule has 0 aromatic carbocycles. The average Bonchev–Trinajstić information content (AvgIpc) is 2.15. The average molecular weight is 209 g/mol. The van der Waals surface area contributed by atoms with Gasteiger partial charge in [-0.2, -0.15) is 0 Å². The second kappa shape index (κ2) is 10.9. The molecule has 0 heterocycles. The van der Waals surface area contributed by atoms with E-state index in [2.05, 4.69) is 12.2 Å². The van der Waals surface area contributed by atoms with Gasteiger partial charge in [0.1, 0.15) is 6.61 Å². The third kappa shape index (κ3) is 11.8. The number of unbranched alkanes of at least 4 members (excludes halogenated alkanes) is 2. The number of hydrogen-bond donors (Lipinski definition) is 1. The lowest BCUT2D eigenvalue weighted by molar-refractivity contribution is 0.0162. The van der Waals surface area contributed by atoms with E-state index in [0.717, 1.165) is 38.8 Å². The van der Waals surface area contributed by atoms with Crippen LogP contribution in [0.1, 0.15) is 32.6 Å². The van der Waals surface area contributed by atoms with Crippen LogP contribution in [0.5, 0.6) is 0 Å². The van der Waals surface area contributed by atoms with E-state index >= 15 is 0 Å². The maximum absolute atomic E-state index is 11.6. The predicted octanol–water partition coefficient (Wildman–Crippen LogP) is 2.44. The summed E-state index contributed by atoms with van der Waals surface area (Å²) in [6.07, 6.45) is 1.83. The number of halogens is 2. The van der Waals surface area contributed by atoms with Crippen molar-refractivity contribution in [2.75, 3.05) is 26.3 Å². The number of hydrogen-bond acceptors (Lipinski definition) is 2. The topological polar surface area (TPSA) is 21.3 Å². The highest BCUT2D eigenvalue weighted by Gasteiger charge is 2.00. The Kier molecular flexibility index (Phi) is 10.7. The van der Waals surface area contributed by atoms with Crippen molar-refractivity contribution in [3.63, 3.8) is 0 Å². The summed E-state index contributed by atoms with van der Waals surface area (Å²) in [5.74, 6) is 0. The molecule has 86 valence electrons. The van der Waals surface area contributed by atoms with Crippen LogP contribution in [-0.2, 0) is 4.74 Å². The molecule has 0 atom stereocenters. The van der Waals surface area contributed by atoms with E-state index in [4.69, 9.17) is 4.74 Å². The maximum Gasteiger partial charge on any atom is 0.261 e. The van der Waals surface area contributed by atoms with Gasteiger partial charge >= 0.3 is 0 Å². The highest BCUT2D eigenvalue weighted by atomic mass is 19.3. The summed E-state index contributed by atoms with van der Waals surface area (Å²) in [5.41, 5.74) is 0. The van der Waals surface area contributed by atoms with Crippen molar-refractivity contribution in [2.24, 2.45) is 0 Å². The van der Waals surface area contributed by atoms with Crippen molar-refractivity contribution >= 4 is 0 Å². The highest BCUT2D eigenvalue weighted by molar-refractivity contribution is 4.47. The Labute approximate surface area is 85.0 Å². The third-order valence-electron chi connectivity index (χ3n) is 1.81. The summed E-state index contributed by atoms with van der Waals surface area (Å²) in [5, 5.41) is 3.28. The zero-order valence-corrected chi connectivity index (χ0v) is 8.90. The zero-order chi connectivity index (χ0) is 10.6. The molecule has 0 rings (SSSR count). The van der Waals surface area contributed by atoms with Crippen LogP contribution in [0.2, 0.25) is 0 Å². The summed E-state index contributed by atoms with van der Waals surface area (Å²) in [6, 6.07) is 0. The lowest BCUT2D eigenvalue weighted by Gasteiger charge is -2.04. The van der Waals surface area contributed by atoms with Crippen molar-refractivity contribution in [1.29, 1.82) is 0 Å². The maximum atomic E-state index is 11.6. The van der Waals surface area contributed by atoms with Crippen molar-refractivity contribution in [1.82, 2.24) is 5.32 Å². The molecule has 0 amide bonds. The Balaban J connectivity index is 2.85. The van der Waals surface area contributed by atoms with Crippen LogP contribution in [0.4, 0.5) is 8.78 Å². The molecule has 0 spiro atoms. The molecule has 0 aromatic heterocycles. The first kappa shape index (κ1) is 13.8. The van der Waals surface area contributed by atoms with Crippen molar-refractivity contribution in [2.45, 2.75) is 39.0 Å². The Morgan fingerprint density at radius 1 is 1.14 bits per heavy atom. The van der Waals surface area contributed by atoms with Crippen LogP contribution in [0.3, 0.4) is 0 Å². The molecule has 0 aromatic rings. The lowest BCUT2D eigenvalue weighted by atomic mass is 10.2. The van der Waals surface area contributed by atoms with Gasteiger partial charge in [-0.05, 0) is 38.8 Å². The van der Waals surface area contributed by atoms with Crippen molar-refractivity contribution in [3.05, 3.63) is 0 Å². The van der Waals surface area contributed by atoms with Gasteiger partial charge in [0.25, 0.3) is 6.43 Å². The van der Waals surface area contributed by atoms with Gasteiger partial charge in [-0.1, -0.05) is 6.92 Å². The molecular weight excluding hydrogens is 188 g/mol. The summed E-state index contributed by atoms with van der Waals surface area (Å²) in [4.78, 5) is 0. The van der Waals surface area contributed by atoms with Gasteiger partial charge in [0.05, 0.1) is 0 Å². The molecule has 1 N–H and O–H groups in total. The molecule has 0 aliphatic rings. The molecule has 14 heavy (non-hydrogen) atoms. The van der Waals surface area contributed by atoms with Gasteiger partial charge in [0.2, 0.25) is 0 Å². The second-order valence-electron chi connectivity index (χ2n) is 3.28. The van der Waals surface area contributed by atoms with E-state index in [9.17, 15) is 8.78 Å². The van der Waals surface area contributed by atoms with E-state index < -0.39 is 13.0 Å². The second-order valence-corrected chi connectivity index (χ2v) is 3.28. The summed E-state index contributed by atoms with van der Waals surface area (Å²) in [6.45, 7) is 4.24. The van der Waals surface area contributed by atoms with Crippen LogP contribution < -0.4 is 5.32 Å². The fourth-order valence-electron chi connectivity index (χ4n) is 1.11. The SMILES string of the molecule is CCCNCCCCCOCC(F)F. The zero-order valence-electron chi connectivity index (χ0n) is 8.90. The van der Waals surface area contributed by atoms with Gasteiger partial charge < -0.3 is 10.1 Å². The van der Waals surface area contributed by atoms with Gasteiger partial charge in [0, 0.05) is 6.61 Å². The van der Waals surface area contributed by atoms with Crippen LogP contribution in [0, 0.1) is 0 Å². The minimum absolute atomic E-state index is 0.423. The number of alkyl halides is 2. The summed E-state index contributed by atoms with van der Waals surface area (Å²) in [7, 11) is 0. The molecule has 4 heteroatoms. The quantitative estimate of drug-likeness (QED) is 0.558. The van der Waals surface area contributed by atoms with Crippen LogP contribution >= 0.6 is 0 Å². The molecule has 0 unspecified atom stereocenters. The van der Waals surface area contributed by atoms with Gasteiger partial charge in [-0.25, -0.2) is 8.78 Å². The van der Waals surface area contributed by atoms with E-state index in [1.807, 2.05) is 0 Å². The molecule has 0 fully saturated rings. The Morgan fingerprint density at radius 2 is 1.93 bits per heavy atom. The minimum Gasteiger partial charge on any atom is -0.376 e. The van der Waals surface area contributed by atoms with Gasteiger partial charge in [-0.3, -0.25) is 0 Å². The monoisotopic (exact) mass is 209 g/mol. The van der Waals surface area contributed by atoms with E-state index in [0.29, 0.717) is 6.61 Å². The normalized spacial score (nSPS) is 11.1. The Bertz CT molecular complexity index is 112. The van der Waals surface area contributed by atoms with Crippen LogP contribution in [0.25, 0.3) is 0 Å². The minimum atomic E-state index is -2.33. The summed E-state index contributed by atoms with van der Waals surface area (Å²) >= 11 is 0. The number of nitrogens with one attached hydrogen (secondary N) is 1. The van der Waals surface area contributed by atoms with E-state index in [1.54, 1.807) is 0 Å². The molecule has 0 bridgehead atoms. The molecular formula is C10H21F2NO. The molecule has 0 aliphatic carbocycles. The van der Waals surface area contributed by atoms with Crippen LogP contribution in [0.15, 0.2) is 0 Å². The Hall–Kier alpha value is -0.220. The Morgan fingerprint density at radius 3 is 2.57 bits per heavy atom. The van der Waals surface area contributed by atoms with Gasteiger partial charge in [0.15, 0.2) is 0 Å². The van der Waals surface area contributed by atoms with E-state index in [-0.39, 0.29) is 0 Å². The molecule has 0 saturated heterocycles. The largest absolute Gasteiger partial charge is 0.376 e. The van der Waals surface area contributed by atoms with Crippen molar-refractivity contribution < 1.29 is 13.5 Å². The van der Waals surface area contributed by atoms with E-state index in [1.165, 1.54) is 0 Å². The molecule has 0 saturated carbocycles. The fraction of sp³-hybridized carbons (Fsp3) is 1.00. The third-order valence-corrected chi connectivity index (χ3v) is 1.81. The molecule has 0 aliphatic heterocycles. The first-order chi connectivity index (χ1) is 6.77. The number of rotatable bonds is 10.